The Morgan fingerprint density at radius 1 is 1.00 bits per heavy atom. The Morgan fingerprint density at radius 2 is 1.74 bits per heavy atom. The van der Waals surface area contributed by atoms with Crippen LogP contribution in [0.15, 0.2) is 54.6 Å². The van der Waals surface area contributed by atoms with Gasteiger partial charge in [-0.25, -0.2) is 9.97 Å². The average molecular weight is 372 g/mol. The van der Waals surface area contributed by atoms with Crippen LogP contribution < -0.4 is 5.32 Å². The molecule has 1 N–H and O–H groups in total. The molecule has 2 aromatic carbocycles. The molecule has 3 aromatic rings. The molecule has 0 amide bonds. The maximum atomic E-state index is 13.2. The topological polar surface area (TPSA) is 41.1 Å². The van der Waals surface area contributed by atoms with Gasteiger partial charge in [-0.3, -0.25) is 4.90 Å². The van der Waals surface area contributed by atoms with Gasteiger partial charge in [0.25, 0.3) is 0 Å². The minimum Gasteiger partial charge on any atom is -0.365 e. The predicted molar refractivity (Wildman–Crippen MR) is 98.3 cm³/mol. The number of nitrogens with zero attached hydrogens (tertiary/aromatic N) is 3. The van der Waals surface area contributed by atoms with Crippen LogP contribution in [0.5, 0.6) is 0 Å². The zero-order valence-corrected chi connectivity index (χ0v) is 14.6. The fourth-order valence-corrected chi connectivity index (χ4v) is 3.44. The van der Waals surface area contributed by atoms with Gasteiger partial charge in [0.15, 0.2) is 0 Å². The molecule has 1 aliphatic rings. The molecule has 0 radical (unpaired) electrons. The van der Waals surface area contributed by atoms with Crippen molar-refractivity contribution in [2.45, 2.75) is 25.2 Å². The van der Waals surface area contributed by atoms with Gasteiger partial charge in [-0.15, -0.1) is 0 Å². The van der Waals surface area contributed by atoms with Crippen molar-refractivity contribution in [2.24, 2.45) is 0 Å². The van der Waals surface area contributed by atoms with Gasteiger partial charge in [0.05, 0.1) is 5.52 Å². The van der Waals surface area contributed by atoms with Gasteiger partial charge in [0, 0.05) is 31.1 Å². The third-order valence-electron chi connectivity index (χ3n) is 4.72. The van der Waals surface area contributed by atoms with Crippen LogP contribution in [0.1, 0.15) is 17.8 Å². The number of hydrogen-bond donors (Lipinski definition) is 1. The molecule has 1 saturated heterocycles. The summed E-state index contributed by atoms with van der Waals surface area (Å²) in [4.78, 5) is 9.74. The third-order valence-corrected chi connectivity index (χ3v) is 4.72. The molecule has 1 fully saturated rings. The lowest BCUT2D eigenvalue weighted by Crippen LogP contribution is -2.27. The zero-order valence-electron chi connectivity index (χ0n) is 14.6. The van der Waals surface area contributed by atoms with E-state index in [-0.39, 0.29) is 11.9 Å². The SMILES string of the molecule is FC(F)(F)c1nc(N[C@@H]2CCN(Cc3ccccc3)C2)c2ccccc2n1. The van der Waals surface area contributed by atoms with E-state index in [1.807, 2.05) is 18.2 Å². The lowest BCUT2D eigenvalue weighted by Gasteiger charge is -2.18. The normalized spacial score (nSPS) is 18.1. The Balaban J connectivity index is 1.53. The van der Waals surface area contributed by atoms with E-state index < -0.39 is 12.0 Å². The summed E-state index contributed by atoms with van der Waals surface area (Å²) in [6.07, 6.45) is -3.72. The second-order valence-corrected chi connectivity index (χ2v) is 6.76. The molecule has 1 aromatic heterocycles. The number of likely N-dealkylation sites (tertiary alicyclic amines) is 1. The largest absolute Gasteiger partial charge is 0.451 e. The highest BCUT2D eigenvalue weighted by molar-refractivity contribution is 5.89. The number of nitrogens with one attached hydrogen (secondary N) is 1. The quantitative estimate of drug-likeness (QED) is 0.740. The van der Waals surface area contributed by atoms with Crippen molar-refractivity contribution in [1.29, 1.82) is 0 Å². The predicted octanol–water partition coefficient (Wildman–Crippen LogP) is 4.34. The molecular formula is C20H19F3N4. The van der Waals surface area contributed by atoms with Crippen LogP contribution in [0.25, 0.3) is 10.9 Å². The minimum absolute atomic E-state index is 0.0492. The molecule has 140 valence electrons. The lowest BCUT2D eigenvalue weighted by atomic mass is 10.2. The highest BCUT2D eigenvalue weighted by atomic mass is 19.4. The Bertz CT molecular complexity index is 927. The van der Waals surface area contributed by atoms with Crippen molar-refractivity contribution in [1.82, 2.24) is 14.9 Å². The second kappa shape index (κ2) is 7.15. The maximum absolute atomic E-state index is 13.2. The van der Waals surface area contributed by atoms with E-state index in [0.29, 0.717) is 10.9 Å². The Kier molecular flexibility index (Phi) is 4.70. The number of benzene rings is 2. The van der Waals surface area contributed by atoms with Gasteiger partial charge in [0.1, 0.15) is 5.82 Å². The standard InChI is InChI=1S/C20H19F3N4/c21-20(22,23)19-25-17-9-5-4-8-16(17)18(26-19)24-15-10-11-27(13-15)12-14-6-2-1-3-7-14/h1-9,15H,10-13H2,(H,24,25,26)/t15-/m1/s1. The first-order chi connectivity index (χ1) is 13.0. The first-order valence-electron chi connectivity index (χ1n) is 8.86. The number of hydrogen-bond acceptors (Lipinski definition) is 4. The third kappa shape index (κ3) is 4.03. The molecular weight excluding hydrogens is 353 g/mol. The average Bonchev–Trinajstić information content (AvgIpc) is 3.08. The smallest absolute Gasteiger partial charge is 0.365 e. The highest BCUT2D eigenvalue weighted by Gasteiger charge is 2.36. The van der Waals surface area contributed by atoms with E-state index in [4.69, 9.17) is 0 Å². The number of fused-ring (bicyclic) bond motifs is 1. The summed E-state index contributed by atoms with van der Waals surface area (Å²) in [7, 11) is 0. The molecule has 0 bridgehead atoms. The van der Waals surface area contributed by atoms with E-state index in [1.54, 1.807) is 24.3 Å². The summed E-state index contributed by atoms with van der Waals surface area (Å²) >= 11 is 0. The van der Waals surface area contributed by atoms with Crippen LogP contribution in [-0.4, -0.2) is 34.0 Å². The molecule has 2 heterocycles. The van der Waals surface area contributed by atoms with E-state index >= 15 is 0 Å². The van der Waals surface area contributed by atoms with Crippen LogP contribution in [0.4, 0.5) is 19.0 Å². The van der Waals surface area contributed by atoms with Crippen LogP contribution in [0.2, 0.25) is 0 Å². The van der Waals surface area contributed by atoms with Crippen molar-refractivity contribution < 1.29 is 13.2 Å². The molecule has 4 rings (SSSR count). The van der Waals surface area contributed by atoms with Gasteiger partial charge in [-0.1, -0.05) is 42.5 Å². The van der Waals surface area contributed by atoms with Crippen LogP contribution >= 0.6 is 0 Å². The van der Waals surface area contributed by atoms with Crippen molar-refractivity contribution in [3.05, 3.63) is 66.0 Å². The van der Waals surface area contributed by atoms with E-state index in [2.05, 4.69) is 32.3 Å². The van der Waals surface area contributed by atoms with E-state index in [1.165, 1.54) is 5.56 Å². The lowest BCUT2D eigenvalue weighted by molar-refractivity contribution is -0.144. The van der Waals surface area contributed by atoms with E-state index in [9.17, 15) is 13.2 Å². The van der Waals surface area contributed by atoms with Gasteiger partial charge >= 0.3 is 6.18 Å². The van der Waals surface area contributed by atoms with Crippen molar-refractivity contribution in [3.63, 3.8) is 0 Å². The van der Waals surface area contributed by atoms with Crippen LogP contribution in [0, 0.1) is 0 Å². The fraction of sp³-hybridized carbons (Fsp3) is 0.300. The summed E-state index contributed by atoms with van der Waals surface area (Å²) in [5.41, 5.74) is 1.52. The van der Waals surface area contributed by atoms with Crippen molar-refractivity contribution in [2.75, 3.05) is 18.4 Å². The summed E-state index contributed by atoms with van der Waals surface area (Å²) < 4.78 is 39.5. The van der Waals surface area contributed by atoms with Crippen molar-refractivity contribution >= 4 is 16.7 Å². The van der Waals surface area contributed by atoms with Gasteiger partial charge in [0.2, 0.25) is 5.82 Å². The number of aromatic nitrogens is 2. The van der Waals surface area contributed by atoms with Crippen LogP contribution in [0.3, 0.4) is 0 Å². The van der Waals surface area contributed by atoms with Crippen molar-refractivity contribution in [3.8, 4) is 0 Å². The number of alkyl halides is 3. The Labute approximate surface area is 155 Å². The number of halogens is 3. The summed E-state index contributed by atoms with van der Waals surface area (Å²) in [5, 5.41) is 3.82. The first kappa shape index (κ1) is 17.7. The molecule has 0 saturated carbocycles. The Morgan fingerprint density at radius 3 is 2.52 bits per heavy atom. The molecule has 4 nitrogen and oxygen atoms in total. The monoisotopic (exact) mass is 372 g/mol. The summed E-state index contributed by atoms with van der Waals surface area (Å²) in [6, 6.07) is 17.0. The minimum atomic E-state index is -4.57. The molecule has 1 atom stereocenters. The van der Waals surface area contributed by atoms with Crippen LogP contribution in [-0.2, 0) is 12.7 Å². The molecule has 0 unspecified atom stereocenters. The Hall–Kier alpha value is -2.67. The van der Waals surface area contributed by atoms with Gasteiger partial charge in [-0.2, -0.15) is 13.2 Å². The molecule has 27 heavy (non-hydrogen) atoms. The molecule has 7 heteroatoms. The molecule has 1 aliphatic heterocycles. The number of anilines is 1. The summed E-state index contributed by atoms with van der Waals surface area (Å²) in [6.45, 7) is 2.48. The van der Waals surface area contributed by atoms with Gasteiger partial charge in [-0.05, 0) is 24.1 Å². The van der Waals surface area contributed by atoms with E-state index in [0.717, 1.165) is 26.1 Å². The zero-order chi connectivity index (χ0) is 18.9. The summed E-state index contributed by atoms with van der Waals surface area (Å²) in [5.74, 6) is -0.859. The molecule has 0 aliphatic carbocycles. The van der Waals surface area contributed by atoms with Gasteiger partial charge < -0.3 is 5.32 Å². The number of rotatable bonds is 4. The second-order valence-electron chi connectivity index (χ2n) is 6.76. The fourth-order valence-electron chi connectivity index (χ4n) is 3.44. The highest BCUT2D eigenvalue weighted by Crippen LogP contribution is 2.31. The number of para-hydroxylation sites is 1. The maximum Gasteiger partial charge on any atom is 0.451 e. The first-order valence-corrected chi connectivity index (χ1v) is 8.86. The molecule has 0 spiro atoms.